The molecule has 1 aromatic heterocycles. The molecule has 3 heteroatoms. The van der Waals surface area contributed by atoms with Crippen molar-refractivity contribution in [1.29, 1.82) is 0 Å². The first-order chi connectivity index (χ1) is 9.22. The Bertz CT molecular complexity index is 588. The van der Waals surface area contributed by atoms with Crippen LogP contribution in [-0.2, 0) is 19.3 Å². The highest BCUT2D eigenvalue weighted by Gasteiger charge is 2.15. The summed E-state index contributed by atoms with van der Waals surface area (Å²) in [5.74, 6) is 0.933. The largest absolute Gasteiger partial charge is 0.399 e. The van der Waals surface area contributed by atoms with Gasteiger partial charge in [-0.25, -0.2) is 9.97 Å². The maximum atomic E-state index is 5.70. The smallest absolute Gasteiger partial charge is 0.133 e. The molecule has 3 rings (SSSR count). The van der Waals surface area contributed by atoms with Gasteiger partial charge in [0, 0.05) is 23.5 Å². The van der Waals surface area contributed by atoms with E-state index in [4.69, 9.17) is 10.7 Å². The predicted molar refractivity (Wildman–Crippen MR) is 77.1 cm³/mol. The normalized spacial score (nSPS) is 14.2. The highest BCUT2D eigenvalue weighted by Crippen LogP contribution is 2.22. The van der Waals surface area contributed by atoms with Gasteiger partial charge in [0.05, 0.1) is 0 Å². The lowest BCUT2D eigenvalue weighted by Crippen LogP contribution is -2.12. The Morgan fingerprint density at radius 1 is 1.05 bits per heavy atom. The zero-order valence-corrected chi connectivity index (χ0v) is 11.3. The first-order valence-corrected chi connectivity index (χ1v) is 6.92. The zero-order chi connectivity index (χ0) is 13.2. The number of rotatable bonds is 2. The molecule has 98 valence electrons. The Balaban J connectivity index is 1.89. The van der Waals surface area contributed by atoms with E-state index in [-0.39, 0.29) is 0 Å². The summed E-state index contributed by atoms with van der Waals surface area (Å²) in [5.41, 5.74) is 11.5. The highest BCUT2D eigenvalue weighted by molar-refractivity contribution is 5.40. The fourth-order valence-corrected chi connectivity index (χ4v) is 2.74. The number of aromatic nitrogens is 2. The number of anilines is 1. The van der Waals surface area contributed by atoms with Crippen molar-refractivity contribution >= 4 is 5.69 Å². The summed E-state index contributed by atoms with van der Waals surface area (Å²) in [6.45, 7) is 2.11. The minimum atomic E-state index is 0.786. The molecular formula is C16H19N3. The third-order valence-electron chi connectivity index (χ3n) is 3.78. The summed E-state index contributed by atoms with van der Waals surface area (Å²) in [6, 6.07) is 7.96. The fourth-order valence-electron chi connectivity index (χ4n) is 2.74. The van der Waals surface area contributed by atoms with E-state index in [0.717, 1.165) is 36.5 Å². The van der Waals surface area contributed by atoms with Crippen molar-refractivity contribution in [2.75, 3.05) is 5.73 Å². The topological polar surface area (TPSA) is 51.8 Å². The summed E-state index contributed by atoms with van der Waals surface area (Å²) in [5, 5.41) is 0. The van der Waals surface area contributed by atoms with Crippen molar-refractivity contribution < 1.29 is 0 Å². The van der Waals surface area contributed by atoms with Gasteiger partial charge in [-0.15, -0.1) is 0 Å². The molecule has 0 bridgehead atoms. The van der Waals surface area contributed by atoms with E-state index in [1.54, 1.807) is 0 Å². The fraction of sp³-hybridized carbons (Fsp3) is 0.375. The van der Waals surface area contributed by atoms with E-state index in [1.807, 2.05) is 24.3 Å². The molecule has 1 heterocycles. The minimum absolute atomic E-state index is 0.786. The van der Waals surface area contributed by atoms with E-state index in [1.165, 1.54) is 29.7 Å². The standard InChI is InChI=1S/C16H19N3/c1-11-14-4-2-3-5-15(14)19-16(18-11)10-12-6-8-13(17)9-7-12/h6-9H,2-5,10,17H2,1H3. The first kappa shape index (κ1) is 12.2. The molecule has 2 N–H and O–H groups in total. The van der Waals surface area contributed by atoms with Crippen LogP contribution in [0.25, 0.3) is 0 Å². The van der Waals surface area contributed by atoms with Crippen molar-refractivity contribution in [3.8, 4) is 0 Å². The molecule has 0 spiro atoms. The molecule has 0 saturated carbocycles. The van der Waals surface area contributed by atoms with Crippen LogP contribution in [-0.4, -0.2) is 9.97 Å². The Labute approximate surface area is 113 Å². The van der Waals surface area contributed by atoms with Gasteiger partial charge in [0.1, 0.15) is 5.82 Å². The van der Waals surface area contributed by atoms with Crippen LogP contribution in [0.3, 0.4) is 0 Å². The number of hydrogen-bond donors (Lipinski definition) is 1. The number of benzene rings is 1. The number of fused-ring (bicyclic) bond motifs is 1. The van der Waals surface area contributed by atoms with Gasteiger partial charge in [0.15, 0.2) is 0 Å². The van der Waals surface area contributed by atoms with Crippen molar-refractivity contribution in [1.82, 2.24) is 9.97 Å². The van der Waals surface area contributed by atoms with Crippen LogP contribution < -0.4 is 5.73 Å². The molecular weight excluding hydrogens is 234 g/mol. The Morgan fingerprint density at radius 3 is 2.58 bits per heavy atom. The number of nitrogens with two attached hydrogens (primary N) is 1. The molecule has 1 aliphatic carbocycles. The molecule has 2 aromatic rings. The van der Waals surface area contributed by atoms with Gasteiger partial charge in [-0.3, -0.25) is 0 Å². The van der Waals surface area contributed by atoms with Crippen molar-refractivity contribution in [3.05, 3.63) is 52.6 Å². The Morgan fingerprint density at radius 2 is 1.79 bits per heavy atom. The molecule has 0 atom stereocenters. The van der Waals surface area contributed by atoms with E-state index < -0.39 is 0 Å². The van der Waals surface area contributed by atoms with Gasteiger partial charge in [0.2, 0.25) is 0 Å². The van der Waals surface area contributed by atoms with Gasteiger partial charge in [0.25, 0.3) is 0 Å². The van der Waals surface area contributed by atoms with E-state index in [0.29, 0.717) is 0 Å². The second-order valence-corrected chi connectivity index (χ2v) is 5.28. The third kappa shape index (κ3) is 2.60. The average molecular weight is 253 g/mol. The van der Waals surface area contributed by atoms with Gasteiger partial charge < -0.3 is 5.73 Å². The summed E-state index contributed by atoms with van der Waals surface area (Å²) in [7, 11) is 0. The van der Waals surface area contributed by atoms with Gasteiger partial charge in [-0.05, 0) is 55.9 Å². The van der Waals surface area contributed by atoms with Crippen LogP contribution in [0.4, 0.5) is 5.69 Å². The van der Waals surface area contributed by atoms with Crippen molar-refractivity contribution in [2.24, 2.45) is 0 Å². The van der Waals surface area contributed by atoms with Crippen LogP contribution >= 0.6 is 0 Å². The number of nitrogens with zero attached hydrogens (tertiary/aromatic N) is 2. The predicted octanol–water partition coefficient (Wildman–Crippen LogP) is 2.84. The van der Waals surface area contributed by atoms with Crippen molar-refractivity contribution in [3.63, 3.8) is 0 Å². The minimum Gasteiger partial charge on any atom is -0.399 e. The molecule has 0 unspecified atom stereocenters. The lowest BCUT2D eigenvalue weighted by atomic mass is 9.95. The number of aryl methyl sites for hydroxylation is 2. The van der Waals surface area contributed by atoms with Gasteiger partial charge in [-0.2, -0.15) is 0 Å². The second kappa shape index (κ2) is 5.00. The molecule has 0 radical (unpaired) electrons. The molecule has 19 heavy (non-hydrogen) atoms. The van der Waals surface area contributed by atoms with Crippen LogP contribution in [0.2, 0.25) is 0 Å². The quantitative estimate of drug-likeness (QED) is 0.837. The van der Waals surface area contributed by atoms with Crippen LogP contribution in [0, 0.1) is 6.92 Å². The second-order valence-electron chi connectivity index (χ2n) is 5.28. The Kier molecular flexibility index (Phi) is 3.20. The maximum absolute atomic E-state index is 5.70. The number of hydrogen-bond acceptors (Lipinski definition) is 3. The molecule has 0 saturated heterocycles. The highest BCUT2D eigenvalue weighted by atomic mass is 14.9. The lowest BCUT2D eigenvalue weighted by molar-refractivity contribution is 0.649. The van der Waals surface area contributed by atoms with E-state index in [2.05, 4.69) is 11.9 Å². The molecule has 3 nitrogen and oxygen atoms in total. The summed E-state index contributed by atoms with van der Waals surface area (Å²) in [4.78, 5) is 9.41. The monoisotopic (exact) mass is 253 g/mol. The van der Waals surface area contributed by atoms with Gasteiger partial charge in [-0.1, -0.05) is 12.1 Å². The first-order valence-electron chi connectivity index (χ1n) is 6.92. The molecule has 0 amide bonds. The zero-order valence-electron chi connectivity index (χ0n) is 11.3. The van der Waals surface area contributed by atoms with Crippen LogP contribution in [0.5, 0.6) is 0 Å². The summed E-state index contributed by atoms with van der Waals surface area (Å²) < 4.78 is 0. The van der Waals surface area contributed by atoms with E-state index >= 15 is 0 Å². The van der Waals surface area contributed by atoms with Crippen molar-refractivity contribution in [2.45, 2.75) is 39.0 Å². The molecule has 1 aliphatic rings. The summed E-state index contributed by atoms with van der Waals surface area (Å²) in [6.07, 6.45) is 5.56. The van der Waals surface area contributed by atoms with E-state index in [9.17, 15) is 0 Å². The van der Waals surface area contributed by atoms with Crippen LogP contribution in [0.15, 0.2) is 24.3 Å². The van der Waals surface area contributed by atoms with Gasteiger partial charge >= 0.3 is 0 Å². The van der Waals surface area contributed by atoms with Crippen LogP contribution in [0.1, 0.15) is 41.2 Å². The maximum Gasteiger partial charge on any atom is 0.133 e. The molecule has 1 aromatic carbocycles. The summed E-state index contributed by atoms with van der Waals surface area (Å²) >= 11 is 0. The SMILES string of the molecule is Cc1nc(Cc2ccc(N)cc2)nc2c1CCCC2. The lowest BCUT2D eigenvalue weighted by Gasteiger charge is -2.17. The molecule has 0 fully saturated rings. The number of nitrogen functional groups attached to an aromatic ring is 1. The average Bonchev–Trinajstić information content (AvgIpc) is 2.42. The Hall–Kier alpha value is -1.90. The third-order valence-corrected chi connectivity index (χ3v) is 3.78. The molecule has 0 aliphatic heterocycles.